The Hall–Kier alpha value is -1.55. The monoisotopic (exact) mass is 236 g/mol. The Labute approximate surface area is 102 Å². The van der Waals surface area contributed by atoms with E-state index >= 15 is 0 Å². The van der Waals surface area contributed by atoms with E-state index in [9.17, 15) is 9.90 Å². The topological polar surface area (TPSA) is 75.3 Å². The van der Waals surface area contributed by atoms with Gasteiger partial charge in [0.15, 0.2) is 0 Å². The van der Waals surface area contributed by atoms with E-state index < -0.39 is 0 Å². The van der Waals surface area contributed by atoms with Crippen molar-refractivity contribution in [2.45, 2.75) is 32.8 Å². The Kier molecular flexibility index (Phi) is 4.97. The Morgan fingerprint density at radius 1 is 1.53 bits per heavy atom. The number of amides is 1. The van der Waals surface area contributed by atoms with Gasteiger partial charge in [0.1, 0.15) is 0 Å². The van der Waals surface area contributed by atoms with Gasteiger partial charge in [0.2, 0.25) is 0 Å². The van der Waals surface area contributed by atoms with Crippen LogP contribution < -0.4 is 11.1 Å². The van der Waals surface area contributed by atoms with Crippen molar-refractivity contribution in [2.24, 2.45) is 0 Å². The van der Waals surface area contributed by atoms with Crippen molar-refractivity contribution < 1.29 is 9.90 Å². The predicted molar refractivity (Wildman–Crippen MR) is 68.8 cm³/mol. The molecule has 0 aliphatic carbocycles. The van der Waals surface area contributed by atoms with Crippen molar-refractivity contribution in [3.05, 3.63) is 29.3 Å². The number of aryl methyl sites for hydroxylation is 1. The van der Waals surface area contributed by atoms with Gasteiger partial charge in [-0.1, -0.05) is 18.6 Å². The molecule has 0 radical (unpaired) electrons. The van der Waals surface area contributed by atoms with Crippen LogP contribution in [0.4, 0.5) is 5.69 Å². The van der Waals surface area contributed by atoms with Crippen LogP contribution in [0.2, 0.25) is 0 Å². The van der Waals surface area contributed by atoms with Crippen LogP contribution in [0.5, 0.6) is 0 Å². The van der Waals surface area contributed by atoms with Crippen molar-refractivity contribution in [2.75, 3.05) is 12.3 Å². The molecule has 0 aromatic heterocycles. The first kappa shape index (κ1) is 13.5. The maximum atomic E-state index is 11.8. The highest BCUT2D eigenvalue weighted by molar-refractivity contribution is 5.99. The molecule has 0 saturated carbocycles. The Bertz CT molecular complexity index is 391. The lowest BCUT2D eigenvalue weighted by atomic mass is 10.1. The SMILES string of the molecule is CCC(O)CCNC(=O)c1cc(C)ccc1N. The van der Waals surface area contributed by atoms with Gasteiger partial charge in [-0.2, -0.15) is 0 Å². The van der Waals surface area contributed by atoms with Crippen molar-refractivity contribution in [1.29, 1.82) is 0 Å². The summed E-state index contributed by atoms with van der Waals surface area (Å²) in [6.45, 7) is 4.28. The fourth-order valence-electron chi connectivity index (χ4n) is 1.52. The molecular weight excluding hydrogens is 216 g/mol. The molecule has 0 spiro atoms. The van der Waals surface area contributed by atoms with E-state index in [4.69, 9.17) is 5.73 Å². The lowest BCUT2D eigenvalue weighted by molar-refractivity contribution is 0.0943. The molecule has 0 bridgehead atoms. The molecule has 4 nitrogen and oxygen atoms in total. The van der Waals surface area contributed by atoms with E-state index in [1.54, 1.807) is 12.1 Å². The number of carbonyl (C=O) groups is 1. The third-order valence-electron chi connectivity index (χ3n) is 2.69. The van der Waals surface area contributed by atoms with Gasteiger partial charge in [-0.15, -0.1) is 0 Å². The highest BCUT2D eigenvalue weighted by Gasteiger charge is 2.09. The standard InChI is InChI=1S/C13H20N2O2/c1-3-10(16)6-7-15-13(17)11-8-9(2)4-5-12(11)14/h4-5,8,10,16H,3,6-7,14H2,1-2H3,(H,15,17). The maximum Gasteiger partial charge on any atom is 0.253 e. The van der Waals surface area contributed by atoms with Gasteiger partial charge in [-0.05, 0) is 31.9 Å². The quantitative estimate of drug-likeness (QED) is 0.678. The number of benzene rings is 1. The average molecular weight is 236 g/mol. The summed E-state index contributed by atoms with van der Waals surface area (Å²) in [5.41, 5.74) is 7.71. The normalized spacial score (nSPS) is 12.2. The summed E-state index contributed by atoms with van der Waals surface area (Å²) >= 11 is 0. The highest BCUT2D eigenvalue weighted by Crippen LogP contribution is 2.13. The fourth-order valence-corrected chi connectivity index (χ4v) is 1.52. The molecule has 1 amide bonds. The van der Waals surface area contributed by atoms with E-state index in [2.05, 4.69) is 5.32 Å². The molecular formula is C13H20N2O2. The molecule has 1 atom stereocenters. The first-order valence-electron chi connectivity index (χ1n) is 5.87. The number of aliphatic hydroxyl groups excluding tert-OH is 1. The lowest BCUT2D eigenvalue weighted by Crippen LogP contribution is -2.27. The third-order valence-corrected chi connectivity index (χ3v) is 2.69. The molecule has 1 aromatic rings. The molecule has 0 fully saturated rings. The summed E-state index contributed by atoms with van der Waals surface area (Å²) in [6.07, 6.45) is 0.904. The van der Waals surface area contributed by atoms with Crippen LogP contribution in [0.25, 0.3) is 0 Å². The van der Waals surface area contributed by atoms with E-state index in [0.717, 1.165) is 5.56 Å². The van der Waals surface area contributed by atoms with E-state index in [1.807, 2.05) is 19.9 Å². The molecule has 1 rings (SSSR count). The Balaban J connectivity index is 2.55. The van der Waals surface area contributed by atoms with Crippen molar-refractivity contribution in [3.63, 3.8) is 0 Å². The smallest absolute Gasteiger partial charge is 0.253 e. The number of aliphatic hydroxyl groups is 1. The van der Waals surface area contributed by atoms with Crippen LogP contribution in [0.1, 0.15) is 35.7 Å². The van der Waals surface area contributed by atoms with Crippen molar-refractivity contribution in [1.82, 2.24) is 5.32 Å². The van der Waals surface area contributed by atoms with E-state index in [-0.39, 0.29) is 12.0 Å². The predicted octanol–water partition coefficient (Wildman–Crippen LogP) is 1.47. The molecule has 0 aliphatic heterocycles. The second kappa shape index (κ2) is 6.25. The van der Waals surface area contributed by atoms with Crippen LogP contribution in [-0.2, 0) is 0 Å². The fraction of sp³-hybridized carbons (Fsp3) is 0.462. The van der Waals surface area contributed by atoms with Gasteiger partial charge in [-0.3, -0.25) is 4.79 Å². The zero-order chi connectivity index (χ0) is 12.8. The summed E-state index contributed by atoms with van der Waals surface area (Å²) in [5, 5.41) is 12.1. The second-order valence-electron chi connectivity index (χ2n) is 4.20. The Morgan fingerprint density at radius 3 is 2.88 bits per heavy atom. The zero-order valence-corrected chi connectivity index (χ0v) is 10.4. The molecule has 17 heavy (non-hydrogen) atoms. The van der Waals surface area contributed by atoms with Gasteiger partial charge in [0.25, 0.3) is 5.91 Å². The number of hydrogen-bond donors (Lipinski definition) is 3. The van der Waals surface area contributed by atoms with Crippen LogP contribution in [0.15, 0.2) is 18.2 Å². The molecule has 94 valence electrons. The summed E-state index contributed by atoms with van der Waals surface area (Å²) in [6, 6.07) is 5.36. The average Bonchev–Trinajstić information content (AvgIpc) is 2.31. The minimum Gasteiger partial charge on any atom is -0.398 e. The maximum absolute atomic E-state index is 11.8. The summed E-state index contributed by atoms with van der Waals surface area (Å²) in [4.78, 5) is 11.8. The lowest BCUT2D eigenvalue weighted by Gasteiger charge is -2.10. The first-order valence-corrected chi connectivity index (χ1v) is 5.87. The summed E-state index contributed by atoms with van der Waals surface area (Å²) in [5.74, 6) is -0.186. The van der Waals surface area contributed by atoms with Crippen LogP contribution in [-0.4, -0.2) is 23.7 Å². The van der Waals surface area contributed by atoms with E-state index in [1.165, 1.54) is 0 Å². The van der Waals surface area contributed by atoms with Gasteiger partial charge in [0, 0.05) is 12.2 Å². The summed E-state index contributed by atoms with van der Waals surface area (Å²) in [7, 11) is 0. The highest BCUT2D eigenvalue weighted by atomic mass is 16.3. The number of rotatable bonds is 5. The number of nitrogen functional groups attached to an aromatic ring is 1. The number of anilines is 1. The number of carbonyl (C=O) groups excluding carboxylic acids is 1. The van der Waals surface area contributed by atoms with Gasteiger partial charge in [0.05, 0.1) is 11.7 Å². The van der Waals surface area contributed by atoms with Crippen LogP contribution in [0, 0.1) is 6.92 Å². The Morgan fingerprint density at radius 2 is 2.24 bits per heavy atom. The molecule has 0 aliphatic rings. The number of nitrogens with one attached hydrogen (secondary N) is 1. The van der Waals surface area contributed by atoms with E-state index in [0.29, 0.717) is 30.6 Å². The van der Waals surface area contributed by atoms with Crippen LogP contribution in [0.3, 0.4) is 0 Å². The number of nitrogens with two attached hydrogens (primary N) is 1. The van der Waals surface area contributed by atoms with Gasteiger partial charge < -0.3 is 16.2 Å². The first-order chi connectivity index (χ1) is 8.04. The van der Waals surface area contributed by atoms with Crippen LogP contribution >= 0.6 is 0 Å². The minimum absolute atomic E-state index is 0.186. The van der Waals surface area contributed by atoms with Crippen molar-refractivity contribution >= 4 is 11.6 Å². The molecule has 1 aromatic carbocycles. The molecule has 0 saturated heterocycles. The molecule has 4 N–H and O–H groups in total. The third kappa shape index (κ3) is 4.07. The van der Waals surface area contributed by atoms with Gasteiger partial charge >= 0.3 is 0 Å². The second-order valence-corrected chi connectivity index (χ2v) is 4.20. The molecule has 0 heterocycles. The summed E-state index contributed by atoms with van der Waals surface area (Å²) < 4.78 is 0. The molecule has 4 heteroatoms. The molecule has 1 unspecified atom stereocenters. The number of hydrogen-bond acceptors (Lipinski definition) is 3. The zero-order valence-electron chi connectivity index (χ0n) is 10.4. The van der Waals surface area contributed by atoms with Crippen molar-refractivity contribution in [3.8, 4) is 0 Å². The van der Waals surface area contributed by atoms with Gasteiger partial charge in [-0.25, -0.2) is 0 Å². The largest absolute Gasteiger partial charge is 0.398 e. The minimum atomic E-state index is -0.356.